The summed E-state index contributed by atoms with van der Waals surface area (Å²) in [6.07, 6.45) is 3.68. The number of amides is 1. The molecule has 3 heterocycles. The number of unbranched alkanes of at least 4 members (excludes halogenated alkanes) is 1. The van der Waals surface area contributed by atoms with Crippen molar-refractivity contribution in [3.05, 3.63) is 24.3 Å². The normalized spacial score (nSPS) is 15.2. The maximum atomic E-state index is 12.1. The fourth-order valence-corrected chi connectivity index (χ4v) is 4.50. The zero-order chi connectivity index (χ0) is 20.4. The van der Waals surface area contributed by atoms with Crippen LogP contribution in [-0.2, 0) is 16.1 Å². The van der Waals surface area contributed by atoms with Gasteiger partial charge in [-0.2, -0.15) is 0 Å². The third-order valence-corrected chi connectivity index (χ3v) is 6.00. The number of rotatable bonds is 6. The van der Waals surface area contributed by atoms with E-state index >= 15 is 0 Å². The first kappa shape index (κ1) is 20.0. The van der Waals surface area contributed by atoms with Gasteiger partial charge in [0.1, 0.15) is 5.52 Å². The minimum atomic E-state index is 0.143. The van der Waals surface area contributed by atoms with E-state index in [1.54, 1.807) is 6.92 Å². The van der Waals surface area contributed by atoms with Crippen LogP contribution >= 0.6 is 12.6 Å². The van der Waals surface area contributed by atoms with E-state index in [1.807, 2.05) is 29.2 Å². The van der Waals surface area contributed by atoms with Gasteiger partial charge < -0.3 is 19.9 Å². The molecule has 2 N–H and O–H groups in total. The summed E-state index contributed by atoms with van der Waals surface area (Å²) in [5, 5.41) is 1.66. The molecule has 0 aliphatic carbocycles. The number of ether oxygens (including phenoxy) is 1. The first-order valence-electron chi connectivity index (χ1n) is 10.1. The third-order valence-electron chi connectivity index (χ3n) is 5.66. The van der Waals surface area contributed by atoms with Crippen molar-refractivity contribution in [2.75, 3.05) is 25.5 Å². The molecule has 1 aromatic carbocycles. The van der Waals surface area contributed by atoms with Crippen LogP contribution in [0.5, 0.6) is 0 Å². The maximum Gasteiger partial charge on any atom is 0.219 e. The fourth-order valence-electron chi connectivity index (χ4n) is 4.20. The van der Waals surface area contributed by atoms with E-state index in [1.165, 1.54) is 0 Å². The van der Waals surface area contributed by atoms with E-state index < -0.39 is 0 Å². The van der Waals surface area contributed by atoms with E-state index in [9.17, 15) is 4.79 Å². The minimum Gasteiger partial charge on any atom is -0.382 e. The van der Waals surface area contributed by atoms with Crippen LogP contribution in [0.1, 0.15) is 32.6 Å². The topological polar surface area (TPSA) is 86.3 Å². The molecular formula is C21H27N5O2S. The molecule has 154 valence electrons. The largest absolute Gasteiger partial charge is 0.382 e. The standard InChI is InChI=1S/C21H27N5O2S/c1-14(27)25(15-8-12-28-13-9-15)10-4-5-11-26-19-16-6-2-3-7-17(16)23-20(22)18(19)24-21(26)29/h2-3,6-7,15H,4-5,8-13H2,1H3,(H2,22,23)(H,24,29). The first-order chi connectivity index (χ1) is 14.1. The van der Waals surface area contributed by atoms with Gasteiger partial charge in [-0.3, -0.25) is 4.79 Å². The molecule has 8 heteroatoms. The average molecular weight is 414 g/mol. The number of aromatic nitrogens is 3. The molecule has 0 unspecified atom stereocenters. The molecule has 1 aliphatic heterocycles. The number of para-hydroxylation sites is 1. The second-order valence-electron chi connectivity index (χ2n) is 7.54. The molecule has 7 nitrogen and oxygen atoms in total. The SMILES string of the molecule is CC(=O)N(CCCCn1c(S)nc2c(N)nc3ccccc3c21)C1CCOCC1. The van der Waals surface area contributed by atoms with Crippen LogP contribution in [-0.4, -0.2) is 51.1 Å². The number of thiol groups is 1. The van der Waals surface area contributed by atoms with E-state index in [4.69, 9.17) is 10.5 Å². The average Bonchev–Trinajstić information content (AvgIpc) is 3.05. The van der Waals surface area contributed by atoms with Crippen molar-refractivity contribution in [2.45, 2.75) is 50.4 Å². The summed E-state index contributed by atoms with van der Waals surface area (Å²) in [5.74, 6) is 0.569. The second kappa shape index (κ2) is 8.59. The van der Waals surface area contributed by atoms with E-state index in [-0.39, 0.29) is 5.91 Å². The highest BCUT2D eigenvalue weighted by Crippen LogP contribution is 2.30. The number of nitrogens with two attached hydrogens (primary N) is 1. The number of hydrogen-bond donors (Lipinski definition) is 2. The van der Waals surface area contributed by atoms with Gasteiger partial charge in [-0.15, -0.1) is 12.6 Å². The minimum absolute atomic E-state index is 0.143. The Balaban J connectivity index is 1.50. The van der Waals surface area contributed by atoms with Crippen molar-refractivity contribution in [1.82, 2.24) is 19.4 Å². The van der Waals surface area contributed by atoms with Crippen molar-refractivity contribution in [3.8, 4) is 0 Å². The molecule has 1 aliphatic rings. The van der Waals surface area contributed by atoms with Gasteiger partial charge in [0.25, 0.3) is 0 Å². The molecule has 29 heavy (non-hydrogen) atoms. The van der Waals surface area contributed by atoms with E-state index in [0.717, 1.165) is 68.4 Å². The molecule has 3 aromatic rings. The number of hydrogen-bond acceptors (Lipinski definition) is 6. The van der Waals surface area contributed by atoms with Crippen LogP contribution < -0.4 is 5.73 Å². The van der Waals surface area contributed by atoms with E-state index in [0.29, 0.717) is 22.5 Å². The van der Waals surface area contributed by atoms with Gasteiger partial charge >= 0.3 is 0 Å². The second-order valence-corrected chi connectivity index (χ2v) is 7.94. The van der Waals surface area contributed by atoms with Gasteiger partial charge in [0.2, 0.25) is 5.91 Å². The molecule has 0 spiro atoms. The quantitative estimate of drug-likeness (QED) is 0.478. The van der Waals surface area contributed by atoms with Gasteiger partial charge in [-0.1, -0.05) is 18.2 Å². The van der Waals surface area contributed by atoms with Crippen molar-refractivity contribution < 1.29 is 9.53 Å². The van der Waals surface area contributed by atoms with Crippen LogP contribution in [0.25, 0.3) is 21.9 Å². The summed E-state index contributed by atoms with van der Waals surface area (Å²) in [5.41, 5.74) is 8.67. The van der Waals surface area contributed by atoms with Crippen LogP contribution in [0, 0.1) is 0 Å². The number of nitrogen functional groups attached to an aromatic ring is 1. The Hall–Kier alpha value is -2.32. The van der Waals surface area contributed by atoms with Crippen molar-refractivity contribution in [3.63, 3.8) is 0 Å². The maximum absolute atomic E-state index is 12.1. The monoisotopic (exact) mass is 413 g/mol. The predicted molar refractivity (Wildman–Crippen MR) is 117 cm³/mol. The Bertz CT molecular complexity index is 1030. The van der Waals surface area contributed by atoms with E-state index in [2.05, 4.69) is 27.2 Å². The number of pyridine rings is 1. The first-order valence-corrected chi connectivity index (χ1v) is 10.6. The van der Waals surface area contributed by atoms with Gasteiger partial charge in [0.05, 0.1) is 11.0 Å². The zero-order valence-corrected chi connectivity index (χ0v) is 17.6. The number of carbonyl (C=O) groups excluding carboxylic acids is 1. The number of fused-ring (bicyclic) bond motifs is 3. The lowest BCUT2D eigenvalue weighted by atomic mass is 10.1. The molecule has 0 saturated carbocycles. The Morgan fingerprint density at radius 2 is 2.03 bits per heavy atom. The highest BCUT2D eigenvalue weighted by molar-refractivity contribution is 7.80. The predicted octanol–water partition coefficient (Wildman–Crippen LogP) is 3.26. The Morgan fingerprint density at radius 1 is 1.28 bits per heavy atom. The summed E-state index contributed by atoms with van der Waals surface area (Å²) < 4.78 is 7.53. The van der Waals surface area contributed by atoms with Crippen LogP contribution in [0.15, 0.2) is 29.4 Å². The van der Waals surface area contributed by atoms with Crippen molar-refractivity contribution in [1.29, 1.82) is 0 Å². The van der Waals surface area contributed by atoms with Crippen LogP contribution in [0.4, 0.5) is 5.82 Å². The van der Waals surface area contributed by atoms with Crippen LogP contribution in [0.2, 0.25) is 0 Å². The molecule has 2 aromatic heterocycles. The molecule has 0 atom stereocenters. The smallest absolute Gasteiger partial charge is 0.219 e. The summed E-state index contributed by atoms with van der Waals surface area (Å²) in [6, 6.07) is 8.24. The molecule has 0 radical (unpaired) electrons. The lowest BCUT2D eigenvalue weighted by molar-refractivity contribution is -0.133. The summed E-state index contributed by atoms with van der Waals surface area (Å²) in [6.45, 7) is 4.66. The molecular weight excluding hydrogens is 386 g/mol. The number of benzene rings is 1. The van der Waals surface area contributed by atoms with Gasteiger partial charge in [0.15, 0.2) is 11.0 Å². The number of carbonyl (C=O) groups is 1. The molecule has 1 saturated heterocycles. The molecule has 4 rings (SSSR count). The summed E-state index contributed by atoms with van der Waals surface area (Å²) in [4.78, 5) is 23.1. The van der Waals surface area contributed by atoms with Crippen molar-refractivity contribution >= 4 is 46.3 Å². The lowest BCUT2D eigenvalue weighted by Gasteiger charge is -2.33. The van der Waals surface area contributed by atoms with Gasteiger partial charge in [-0.05, 0) is 31.7 Å². The van der Waals surface area contributed by atoms with Gasteiger partial charge in [0, 0.05) is 44.7 Å². The van der Waals surface area contributed by atoms with Crippen molar-refractivity contribution in [2.24, 2.45) is 0 Å². The highest BCUT2D eigenvalue weighted by Gasteiger charge is 2.23. The van der Waals surface area contributed by atoms with Gasteiger partial charge in [-0.25, -0.2) is 9.97 Å². The third kappa shape index (κ3) is 4.04. The number of nitrogens with zero attached hydrogens (tertiary/aromatic N) is 4. The Labute approximate surface area is 175 Å². The lowest BCUT2D eigenvalue weighted by Crippen LogP contribution is -2.42. The number of imidazole rings is 1. The zero-order valence-electron chi connectivity index (χ0n) is 16.7. The highest BCUT2D eigenvalue weighted by atomic mass is 32.1. The van der Waals surface area contributed by atoms with Crippen LogP contribution in [0.3, 0.4) is 0 Å². The molecule has 1 fully saturated rings. The Kier molecular flexibility index (Phi) is 5.91. The Morgan fingerprint density at radius 3 is 2.79 bits per heavy atom. The summed E-state index contributed by atoms with van der Waals surface area (Å²) in [7, 11) is 0. The number of aryl methyl sites for hydroxylation is 1. The molecule has 0 bridgehead atoms. The summed E-state index contributed by atoms with van der Waals surface area (Å²) >= 11 is 4.58. The number of anilines is 1. The fraction of sp³-hybridized carbons (Fsp3) is 0.476. The molecule has 1 amide bonds.